The van der Waals surface area contributed by atoms with Crippen LogP contribution in [0.1, 0.15) is 31.9 Å². The van der Waals surface area contributed by atoms with Crippen LogP contribution in [0.15, 0.2) is 24.3 Å². The first-order chi connectivity index (χ1) is 10.1. The van der Waals surface area contributed by atoms with Crippen molar-refractivity contribution in [3.8, 4) is 0 Å². The minimum Gasteiger partial charge on any atom is -0.316 e. The van der Waals surface area contributed by atoms with Gasteiger partial charge < -0.3 is 5.32 Å². The van der Waals surface area contributed by atoms with E-state index in [-0.39, 0.29) is 16.7 Å². The zero-order valence-corrected chi connectivity index (χ0v) is 12.7. The molecule has 0 bridgehead atoms. The molecule has 3 rings (SSSR count). The van der Waals surface area contributed by atoms with Gasteiger partial charge in [-0.2, -0.15) is 0 Å². The second-order valence-corrected chi connectivity index (χ2v) is 6.25. The minimum atomic E-state index is -0.259. The highest BCUT2D eigenvalue weighted by Gasteiger charge is 2.45. The molecular weight excluding hydrogens is 266 g/mol. The van der Waals surface area contributed by atoms with Crippen molar-refractivity contribution in [2.45, 2.75) is 32.4 Å². The first-order valence-corrected chi connectivity index (χ1v) is 7.83. The number of para-hydroxylation sites is 1. The Bertz CT molecular complexity index is 534. The monoisotopic (exact) mass is 289 g/mol. The van der Waals surface area contributed by atoms with Gasteiger partial charge in [-0.1, -0.05) is 25.1 Å². The molecule has 2 heterocycles. The molecule has 2 saturated heterocycles. The number of nitro groups is 1. The lowest BCUT2D eigenvalue weighted by Crippen LogP contribution is -2.37. The van der Waals surface area contributed by atoms with Crippen molar-refractivity contribution >= 4 is 5.69 Å². The number of rotatable bonds is 4. The smallest absolute Gasteiger partial charge is 0.274 e. The number of hydrogen-bond acceptors (Lipinski definition) is 4. The summed E-state index contributed by atoms with van der Waals surface area (Å²) in [6, 6.07) is 7.79. The molecule has 1 aromatic rings. The number of hydrogen-bond donors (Lipinski definition) is 1. The zero-order chi connectivity index (χ0) is 15.0. The van der Waals surface area contributed by atoms with Crippen molar-refractivity contribution < 1.29 is 4.92 Å². The topological polar surface area (TPSA) is 58.4 Å². The van der Waals surface area contributed by atoms with Gasteiger partial charge in [0.25, 0.3) is 5.69 Å². The van der Waals surface area contributed by atoms with Gasteiger partial charge >= 0.3 is 0 Å². The van der Waals surface area contributed by atoms with Crippen LogP contribution in [-0.4, -0.2) is 35.5 Å². The molecule has 4 atom stereocenters. The van der Waals surface area contributed by atoms with Crippen molar-refractivity contribution in [3.05, 3.63) is 39.9 Å². The molecule has 2 aliphatic heterocycles. The molecule has 5 nitrogen and oxygen atoms in total. The molecule has 5 heteroatoms. The molecule has 0 spiro atoms. The summed E-state index contributed by atoms with van der Waals surface area (Å²) in [5.74, 6) is 1.39. The zero-order valence-electron chi connectivity index (χ0n) is 12.7. The largest absolute Gasteiger partial charge is 0.316 e. The molecular formula is C16H23N3O2. The van der Waals surface area contributed by atoms with Crippen LogP contribution in [0.4, 0.5) is 5.69 Å². The second-order valence-electron chi connectivity index (χ2n) is 6.25. The number of fused-ring (bicyclic) bond motifs is 1. The molecule has 1 aromatic carbocycles. The third kappa shape index (κ3) is 2.45. The normalized spacial score (nSPS) is 30.3. The highest BCUT2D eigenvalue weighted by atomic mass is 16.6. The van der Waals surface area contributed by atoms with E-state index in [1.807, 2.05) is 12.1 Å². The van der Waals surface area contributed by atoms with Gasteiger partial charge in [-0.3, -0.25) is 15.0 Å². The number of nitrogens with one attached hydrogen (secondary N) is 1. The summed E-state index contributed by atoms with van der Waals surface area (Å²) in [5.41, 5.74) is 1.09. The highest BCUT2D eigenvalue weighted by molar-refractivity contribution is 5.42. The van der Waals surface area contributed by atoms with Crippen molar-refractivity contribution in [3.63, 3.8) is 0 Å². The van der Waals surface area contributed by atoms with Gasteiger partial charge in [0.2, 0.25) is 0 Å². The fraction of sp³-hybridized carbons (Fsp3) is 0.625. The van der Waals surface area contributed by atoms with E-state index in [9.17, 15) is 10.1 Å². The van der Waals surface area contributed by atoms with E-state index in [0.717, 1.165) is 31.6 Å². The molecule has 0 saturated carbocycles. The molecule has 2 aliphatic rings. The van der Waals surface area contributed by atoms with E-state index in [0.29, 0.717) is 17.9 Å². The van der Waals surface area contributed by atoms with Crippen LogP contribution < -0.4 is 5.32 Å². The maximum atomic E-state index is 11.3. The summed E-state index contributed by atoms with van der Waals surface area (Å²) in [5, 5.41) is 14.7. The average Bonchev–Trinajstić information content (AvgIpc) is 3.06. The number of nitrogens with zero attached hydrogens (tertiary/aromatic N) is 2. The van der Waals surface area contributed by atoms with Gasteiger partial charge in [-0.05, 0) is 38.3 Å². The summed E-state index contributed by atoms with van der Waals surface area (Å²) >= 11 is 0. The molecule has 0 aromatic heterocycles. The first-order valence-electron chi connectivity index (χ1n) is 7.83. The number of likely N-dealkylation sites (tertiary alicyclic amines) is 1. The first kappa shape index (κ1) is 14.5. The van der Waals surface area contributed by atoms with Gasteiger partial charge in [0.1, 0.15) is 0 Å². The van der Waals surface area contributed by atoms with E-state index in [4.69, 9.17) is 0 Å². The summed E-state index contributed by atoms with van der Waals surface area (Å²) in [6.45, 7) is 7.55. The Balaban J connectivity index is 1.88. The number of nitro benzene ring substituents is 1. The predicted molar refractivity (Wildman–Crippen MR) is 82.1 cm³/mol. The standard InChI is InChI=1S/C16H23N3O2/c1-3-15-14-9-17-8-12(14)10-18(15)11(2)13-6-4-5-7-16(13)19(20)21/h4-7,11-12,14-15,17H,3,8-10H2,1-2H3. The van der Waals surface area contributed by atoms with Gasteiger partial charge in [-0.15, -0.1) is 0 Å². The fourth-order valence-corrected chi connectivity index (χ4v) is 4.22. The van der Waals surface area contributed by atoms with Gasteiger partial charge in [0, 0.05) is 30.3 Å². The Kier molecular flexibility index (Phi) is 3.95. The van der Waals surface area contributed by atoms with Crippen molar-refractivity contribution in [2.75, 3.05) is 19.6 Å². The van der Waals surface area contributed by atoms with Crippen LogP contribution in [0.3, 0.4) is 0 Å². The van der Waals surface area contributed by atoms with E-state index in [2.05, 4.69) is 24.1 Å². The summed E-state index contributed by atoms with van der Waals surface area (Å²) in [4.78, 5) is 13.5. The van der Waals surface area contributed by atoms with Gasteiger partial charge in [0.05, 0.1) is 4.92 Å². The average molecular weight is 289 g/mol. The predicted octanol–water partition coefficient (Wildman–Crippen LogP) is 2.59. The maximum absolute atomic E-state index is 11.3. The van der Waals surface area contributed by atoms with Gasteiger partial charge in [-0.25, -0.2) is 0 Å². The summed E-state index contributed by atoms with van der Waals surface area (Å²) in [6.07, 6.45) is 1.10. The molecule has 114 valence electrons. The fourth-order valence-electron chi connectivity index (χ4n) is 4.22. The Morgan fingerprint density at radius 3 is 2.90 bits per heavy atom. The SMILES string of the molecule is CCC1C2CNCC2CN1C(C)c1ccccc1[N+](=O)[O-]. The quantitative estimate of drug-likeness (QED) is 0.683. The lowest BCUT2D eigenvalue weighted by Gasteiger charge is -2.32. The molecule has 1 N–H and O–H groups in total. The van der Waals surface area contributed by atoms with Crippen molar-refractivity contribution in [2.24, 2.45) is 11.8 Å². The Hall–Kier alpha value is -1.46. The van der Waals surface area contributed by atoms with Crippen LogP contribution in [0.25, 0.3) is 0 Å². The molecule has 0 amide bonds. The van der Waals surface area contributed by atoms with Crippen LogP contribution in [0.5, 0.6) is 0 Å². The molecule has 0 aliphatic carbocycles. The summed E-state index contributed by atoms with van der Waals surface area (Å²) in [7, 11) is 0. The van der Waals surface area contributed by atoms with E-state index in [1.54, 1.807) is 12.1 Å². The molecule has 21 heavy (non-hydrogen) atoms. The lowest BCUT2D eigenvalue weighted by molar-refractivity contribution is -0.386. The Labute approximate surface area is 125 Å². The third-order valence-corrected chi connectivity index (χ3v) is 5.26. The second kappa shape index (κ2) is 5.73. The van der Waals surface area contributed by atoms with E-state index >= 15 is 0 Å². The van der Waals surface area contributed by atoms with E-state index < -0.39 is 0 Å². The molecule has 4 unspecified atom stereocenters. The Morgan fingerprint density at radius 1 is 1.43 bits per heavy atom. The Morgan fingerprint density at radius 2 is 2.19 bits per heavy atom. The maximum Gasteiger partial charge on any atom is 0.274 e. The van der Waals surface area contributed by atoms with E-state index in [1.165, 1.54) is 0 Å². The molecule has 2 fully saturated rings. The third-order valence-electron chi connectivity index (χ3n) is 5.26. The van der Waals surface area contributed by atoms with Gasteiger partial charge in [0.15, 0.2) is 0 Å². The highest BCUT2D eigenvalue weighted by Crippen LogP contribution is 2.40. The van der Waals surface area contributed by atoms with Crippen LogP contribution in [0, 0.1) is 22.0 Å². The summed E-state index contributed by atoms with van der Waals surface area (Å²) < 4.78 is 0. The van der Waals surface area contributed by atoms with Crippen LogP contribution in [0.2, 0.25) is 0 Å². The minimum absolute atomic E-state index is 0.0992. The lowest BCUT2D eigenvalue weighted by atomic mass is 9.92. The van der Waals surface area contributed by atoms with Crippen LogP contribution in [-0.2, 0) is 0 Å². The number of benzene rings is 1. The van der Waals surface area contributed by atoms with Crippen LogP contribution >= 0.6 is 0 Å². The van der Waals surface area contributed by atoms with Crippen molar-refractivity contribution in [1.82, 2.24) is 10.2 Å². The van der Waals surface area contributed by atoms with Crippen molar-refractivity contribution in [1.29, 1.82) is 0 Å². The molecule has 0 radical (unpaired) electrons.